The van der Waals surface area contributed by atoms with Crippen molar-refractivity contribution in [1.82, 2.24) is 9.29 Å². The quantitative estimate of drug-likeness (QED) is 0.539. The van der Waals surface area contributed by atoms with E-state index in [1.807, 2.05) is 13.0 Å². The summed E-state index contributed by atoms with van der Waals surface area (Å²) < 4.78 is 32.6. The number of aromatic nitrogens is 1. The number of hydrogen-bond donors (Lipinski definition) is 0. The van der Waals surface area contributed by atoms with Gasteiger partial charge in [-0.3, -0.25) is 4.79 Å². The Morgan fingerprint density at radius 1 is 1.44 bits per heavy atom. The number of nitriles is 1. The van der Waals surface area contributed by atoms with Crippen molar-refractivity contribution >= 4 is 44.7 Å². The van der Waals surface area contributed by atoms with E-state index < -0.39 is 34.3 Å². The first-order chi connectivity index (χ1) is 15.1. The van der Waals surface area contributed by atoms with Gasteiger partial charge in [0.05, 0.1) is 16.7 Å². The predicted octanol–water partition coefficient (Wildman–Crippen LogP) is 3.56. The minimum absolute atomic E-state index is 0.000429. The van der Waals surface area contributed by atoms with E-state index in [1.165, 1.54) is 27.8 Å². The van der Waals surface area contributed by atoms with Gasteiger partial charge in [-0.15, -0.1) is 11.3 Å². The third-order valence-electron chi connectivity index (χ3n) is 5.08. The van der Waals surface area contributed by atoms with E-state index in [-0.39, 0.29) is 21.4 Å². The Hall–Kier alpha value is -2.32. The smallest absolute Gasteiger partial charge is 0.338 e. The molecule has 0 radical (unpaired) electrons. The molecule has 1 aromatic carbocycles. The number of esters is 1. The van der Waals surface area contributed by atoms with Crippen LogP contribution in [0.15, 0.2) is 28.5 Å². The number of rotatable bonds is 7. The number of benzene rings is 1. The first-order valence-corrected chi connectivity index (χ1v) is 12.6. The molecule has 3 rings (SSSR count). The number of ether oxygens (including phenoxy) is 1. The highest BCUT2D eigenvalue weighted by Crippen LogP contribution is 2.29. The summed E-state index contributed by atoms with van der Waals surface area (Å²) in [4.78, 5) is 28.8. The summed E-state index contributed by atoms with van der Waals surface area (Å²) in [6.07, 6.45) is 1.70. The van der Waals surface area contributed by atoms with Crippen molar-refractivity contribution in [3.8, 4) is 6.07 Å². The molecular formula is C21H22ClN3O5S2. The molecule has 0 bridgehead atoms. The number of carbonyl (C=O) groups is 2. The van der Waals surface area contributed by atoms with Crippen LogP contribution in [-0.4, -0.2) is 49.2 Å². The molecular weight excluding hydrogens is 474 g/mol. The molecule has 2 aromatic rings. The highest BCUT2D eigenvalue weighted by molar-refractivity contribution is 7.89. The fraction of sp³-hybridized carbons (Fsp3) is 0.429. The van der Waals surface area contributed by atoms with Crippen molar-refractivity contribution in [2.24, 2.45) is 5.92 Å². The maximum absolute atomic E-state index is 13.1. The molecule has 170 valence electrons. The summed E-state index contributed by atoms with van der Waals surface area (Å²) in [6.45, 7) is 3.86. The zero-order valence-corrected chi connectivity index (χ0v) is 20.0. The van der Waals surface area contributed by atoms with Gasteiger partial charge in [0.1, 0.15) is 9.90 Å². The number of halogens is 1. The summed E-state index contributed by atoms with van der Waals surface area (Å²) in [7, 11) is -3.89. The first-order valence-electron chi connectivity index (χ1n) is 9.94. The Bertz CT molecular complexity index is 1170. The maximum atomic E-state index is 13.1. The standard InChI is InChI=1S/C21H22ClN3O5S2/c1-13-4-3-7-25(10-13)32(28,29)19-8-15(5-6-17(19)22)21(27)30-11-18(26)16(9-23)20-24-14(2)12-31-20/h5-6,8,12-13,16H,3-4,7,10-11H2,1-2H3/t13-,16+/m1/s1. The molecule has 0 saturated carbocycles. The average Bonchev–Trinajstić information content (AvgIpc) is 3.18. The molecule has 1 aliphatic rings. The number of aryl methyl sites for hydroxylation is 1. The van der Waals surface area contributed by atoms with Crippen LogP contribution in [0.3, 0.4) is 0 Å². The Morgan fingerprint density at radius 3 is 2.81 bits per heavy atom. The van der Waals surface area contributed by atoms with Crippen molar-refractivity contribution in [2.75, 3.05) is 19.7 Å². The lowest BCUT2D eigenvalue weighted by Crippen LogP contribution is -2.39. The number of nitrogens with zero attached hydrogens (tertiary/aromatic N) is 3. The zero-order chi connectivity index (χ0) is 23.5. The van der Waals surface area contributed by atoms with Gasteiger partial charge in [0.25, 0.3) is 0 Å². The van der Waals surface area contributed by atoms with Gasteiger partial charge in [0.15, 0.2) is 18.3 Å². The molecule has 1 fully saturated rings. The van der Waals surface area contributed by atoms with E-state index in [4.69, 9.17) is 16.3 Å². The molecule has 32 heavy (non-hydrogen) atoms. The summed E-state index contributed by atoms with van der Waals surface area (Å²) in [5.74, 6) is -2.40. The van der Waals surface area contributed by atoms with Crippen LogP contribution in [0.25, 0.3) is 0 Å². The van der Waals surface area contributed by atoms with Gasteiger partial charge in [-0.05, 0) is 43.9 Å². The Labute approximate surface area is 195 Å². The van der Waals surface area contributed by atoms with Gasteiger partial charge in [-0.25, -0.2) is 18.2 Å². The number of thiazole rings is 1. The zero-order valence-electron chi connectivity index (χ0n) is 17.6. The Kier molecular flexibility index (Phi) is 7.67. The molecule has 0 aliphatic carbocycles. The van der Waals surface area contributed by atoms with Crippen LogP contribution in [0.4, 0.5) is 0 Å². The molecule has 2 heterocycles. The lowest BCUT2D eigenvalue weighted by molar-refractivity contribution is -0.122. The molecule has 1 aliphatic heterocycles. The van der Waals surface area contributed by atoms with Crippen molar-refractivity contribution in [3.05, 3.63) is 44.9 Å². The SMILES string of the molecule is Cc1csc([C@@H](C#N)C(=O)COC(=O)c2ccc(Cl)c(S(=O)(=O)N3CCC[C@@H](C)C3)c2)n1. The van der Waals surface area contributed by atoms with E-state index >= 15 is 0 Å². The van der Waals surface area contributed by atoms with Gasteiger partial charge in [0.2, 0.25) is 10.0 Å². The predicted molar refractivity (Wildman–Crippen MR) is 119 cm³/mol. The van der Waals surface area contributed by atoms with Crippen LogP contribution in [0.5, 0.6) is 0 Å². The molecule has 0 spiro atoms. The van der Waals surface area contributed by atoms with Gasteiger partial charge in [-0.1, -0.05) is 18.5 Å². The summed E-state index contributed by atoms with van der Waals surface area (Å²) in [6, 6.07) is 5.69. The second-order valence-electron chi connectivity index (χ2n) is 7.69. The molecule has 1 aromatic heterocycles. The molecule has 0 unspecified atom stereocenters. The fourth-order valence-corrected chi connectivity index (χ4v) is 6.36. The third-order valence-corrected chi connectivity index (χ3v) is 8.46. The van der Waals surface area contributed by atoms with Crippen LogP contribution in [0, 0.1) is 24.2 Å². The van der Waals surface area contributed by atoms with Crippen LogP contribution < -0.4 is 0 Å². The van der Waals surface area contributed by atoms with Crippen molar-refractivity contribution in [3.63, 3.8) is 0 Å². The van der Waals surface area contributed by atoms with E-state index in [9.17, 15) is 23.3 Å². The number of ketones is 1. The summed E-state index contributed by atoms with van der Waals surface area (Å²) in [5.41, 5.74) is 0.637. The van der Waals surface area contributed by atoms with Crippen molar-refractivity contribution < 1.29 is 22.7 Å². The number of piperidine rings is 1. The number of hydrogen-bond acceptors (Lipinski definition) is 8. The third kappa shape index (κ3) is 5.35. The van der Waals surface area contributed by atoms with Gasteiger partial charge in [0, 0.05) is 24.2 Å². The van der Waals surface area contributed by atoms with E-state index in [0.717, 1.165) is 18.9 Å². The molecule has 11 heteroatoms. The summed E-state index contributed by atoms with van der Waals surface area (Å²) >= 11 is 7.32. The average molecular weight is 496 g/mol. The Morgan fingerprint density at radius 2 is 2.19 bits per heavy atom. The molecule has 0 amide bonds. The molecule has 0 N–H and O–H groups in total. The second-order valence-corrected chi connectivity index (χ2v) is 10.9. The minimum atomic E-state index is -3.89. The number of carbonyl (C=O) groups excluding carboxylic acids is 2. The lowest BCUT2D eigenvalue weighted by atomic mass is 10.0. The Balaban J connectivity index is 1.74. The summed E-state index contributed by atoms with van der Waals surface area (Å²) in [5, 5.41) is 11.4. The van der Waals surface area contributed by atoms with Gasteiger partial charge >= 0.3 is 5.97 Å². The largest absolute Gasteiger partial charge is 0.454 e. The van der Waals surface area contributed by atoms with E-state index in [0.29, 0.717) is 23.8 Å². The second kappa shape index (κ2) is 10.1. The highest BCUT2D eigenvalue weighted by atomic mass is 35.5. The van der Waals surface area contributed by atoms with Crippen molar-refractivity contribution in [1.29, 1.82) is 5.26 Å². The maximum Gasteiger partial charge on any atom is 0.338 e. The highest BCUT2D eigenvalue weighted by Gasteiger charge is 2.31. The van der Waals surface area contributed by atoms with Crippen LogP contribution in [0.1, 0.15) is 46.7 Å². The minimum Gasteiger partial charge on any atom is -0.454 e. The molecule has 1 saturated heterocycles. The fourth-order valence-electron chi connectivity index (χ4n) is 3.40. The lowest BCUT2D eigenvalue weighted by Gasteiger charge is -2.30. The van der Waals surface area contributed by atoms with Crippen LogP contribution >= 0.6 is 22.9 Å². The molecule has 8 nitrogen and oxygen atoms in total. The van der Waals surface area contributed by atoms with Crippen LogP contribution in [-0.2, 0) is 19.6 Å². The monoisotopic (exact) mass is 495 g/mol. The number of sulfonamides is 1. The first kappa shape index (κ1) is 24.3. The van der Waals surface area contributed by atoms with Gasteiger partial charge < -0.3 is 4.74 Å². The van der Waals surface area contributed by atoms with Gasteiger partial charge in [-0.2, -0.15) is 9.57 Å². The van der Waals surface area contributed by atoms with Crippen LogP contribution in [0.2, 0.25) is 5.02 Å². The van der Waals surface area contributed by atoms with E-state index in [1.54, 1.807) is 12.3 Å². The normalized spacial score (nSPS) is 18.0. The van der Waals surface area contributed by atoms with Crippen molar-refractivity contribution in [2.45, 2.75) is 37.5 Å². The number of Topliss-reactive ketones (excluding diaryl/α,β-unsaturated/α-hetero) is 1. The molecule has 2 atom stereocenters. The topological polar surface area (TPSA) is 117 Å². The van der Waals surface area contributed by atoms with E-state index in [2.05, 4.69) is 4.98 Å².